The van der Waals surface area contributed by atoms with Gasteiger partial charge in [0, 0.05) is 17.3 Å². The largest absolute Gasteiger partial charge is 0.343 e. The van der Waals surface area contributed by atoms with Crippen LogP contribution in [-0.4, -0.2) is 52.7 Å². The van der Waals surface area contributed by atoms with E-state index in [1.54, 1.807) is 6.07 Å². The molecule has 1 aliphatic rings. The van der Waals surface area contributed by atoms with Crippen LogP contribution in [0.5, 0.6) is 0 Å². The summed E-state index contributed by atoms with van der Waals surface area (Å²) in [5.74, 6) is -1.18. The van der Waals surface area contributed by atoms with E-state index < -0.39 is 31.8 Å². The lowest BCUT2D eigenvalue weighted by molar-refractivity contribution is -0.115. The molecule has 1 fully saturated rings. The number of hydrogen-bond acceptors (Lipinski definition) is 6. The van der Waals surface area contributed by atoms with Crippen molar-refractivity contribution in [1.82, 2.24) is 10.0 Å². The van der Waals surface area contributed by atoms with Crippen molar-refractivity contribution in [3.63, 3.8) is 0 Å². The third-order valence-electron chi connectivity index (χ3n) is 5.06. The molecule has 11 heteroatoms. The summed E-state index contributed by atoms with van der Waals surface area (Å²) in [7, 11) is -7.13. The van der Waals surface area contributed by atoms with E-state index in [0.29, 0.717) is 5.69 Å². The first-order valence-corrected chi connectivity index (χ1v) is 13.4. The van der Waals surface area contributed by atoms with Gasteiger partial charge < -0.3 is 10.6 Å². The lowest BCUT2D eigenvalue weighted by Crippen LogP contribution is -2.35. The van der Waals surface area contributed by atoms with Gasteiger partial charge in [-0.15, -0.1) is 0 Å². The first-order chi connectivity index (χ1) is 15.1. The number of anilines is 1. The van der Waals surface area contributed by atoms with E-state index in [9.17, 15) is 26.4 Å². The molecule has 0 bridgehead atoms. The molecule has 32 heavy (non-hydrogen) atoms. The van der Waals surface area contributed by atoms with Crippen molar-refractivity contribution in [1.29, 1.82) is 0 Å². The van der Waals surface area contributed by atoms with Crippen LogP contribution in [0.1, 0.15) is 29.3 Å². The molecule has 1 saturated heterocycles. The van der Waals surface area contributed by atoms with Crippen LogP contribution in [0, 0.1) is 0 Å². The van der Waals surface area contributed by atoms with Crippen molar-refractivity contribution < 1.29 is 26.4 Å². The van der Waals surface area contributed by atoms with E-state index in [1.807, 2.05) is 25.1 Å². The van der Waals surface area contributed by atoms with Gasteiger partial charge in [0.15, 0.2) is 9.84 Å². The van der Waals surface area contributed by atoms with Crippen LogP contribution in [-0.2, 0) is 31.1 Å². The second-order valence-corrected chi connectivity index (χ2v) is 11.4. The monoisotopic (exact) mass is 479 g/mol. The number of hydrogen-bond donors (Lipinski definition) is 3. The number of rotatable bonds is 8. The maximum Gasteiger partial charge on any atom is 0.251 e. The van der Waals surface area contributed by atoms with Crippen LogP contribution in [0.15, 0.2) is 53.4 Å². The van der Waals surface area contributed by atoms with Crippen LogP contribution >= 0.6 is 0 Å². The number of amides is 2. The van der Waals surface area contributed by atoms with Crippen LogP contribution in [0.25, 0.3) is 0 Å². The minimum absolute atomic E-state index is 0.0447. The Morgan fingerprint density at radius 3 is 2.38 bits per heavy atom. The van der Waals surface area contributed by atoms with E-state index in [1.165, 1.54) is 24.3 Å². The number of carbonyl (C=O) groups is 2. The Bertz CT molecular complexity index is 1210. The summed E-state index contributed by atoms with van der Waals surface area (Å²) < 4.78 is 50.3. The number of aryl methyl sites for hydroxylation is 1. The number of benzene rings is 2. The number of para-hydroxylation sites is 1. The average molecular weight is 480 g/mol. The van der Waals surface area contributed by atoms with Crippen LogP contribution < -0.4 is 15.4 Å². The lowest BCUT2D eigenvalue weighted by atomic mass is 10.1. The van der Waals surface area contributed by atoms with E-state index in [4.69, 9.17) is 0 Å². The van der Waals surface area contributed by atoms with Crippen LogP contribution in [0.3, 0.4) is 0 Å². The van der Waals surface area contributed by atoms with Gasteiger partial charge in [0.1, 0.15) is 0 Å². The quantitative estimate of drug-likeness (QED) is 0.518. The van der Waals surface area contributed by atoms with Crippen molar-refractivity contribution in [2.45, 2.75) is 30.7 Å². The van der Waals surface area contributed by atoms with Gasteiger partial charge in [0.05, 0.1) is 22.9 Å². The predicted molar refractivity (Wildman–Crippen MR) is 121 cm³/mol. The fraction of sp³-hybridized carbons (Fsp3) is 0.333. The minimum Gasteiger partial charge on any atom is -0.343 e. The molecule has 9 nitrogen and oxygen atoms in total. The molecular formula is C21H25N3O6S2. The van der Waals surface area contributed by atoms with Crippen molar-refractivity contribution >= 4 is 37.4 Å². The number of sulfone groups is 1. The van der Waals surface area contributed by atoms with E-state index in [-0.39, 0.29) is 40.8 Å². The highest BCUT2D eigenvalue weighted by Gasteiger charge is 2.31. The van der Waals surface area contributed by atoms with Gasteiger partial charge in [-0.25, -0.2) is 21.6 Å². The van der Waals surface area contributed by atoms with Gasteiger partial charge in [-0.1, -0.05) is 25.1 Å². The SMILES string of the molecule is CCc1ccccc1NC(=O)CNC(=O)c1ccc(S(=O)(=O)NC2CCS(=O)(=O)C2)cc1. The molecule has 3 rings (SSSR count). The molecule has 3 N–H and O–H groups in total. The lowest BCUT2D eigenvalue weighted by Gasteiger charge is -2.12. The normalized spacial score (nSPS) is 17.6. The van der Waals surface area contributed by atoms with Crippen LogP contribution in [0.4, 0.5) is 5.69 Å². The fourth-order valence-corrected chi connectivity index (χ4v) is 6.42. The summed E-state index contributed by atoms with van der Waals surface area (Å²) in [6.45, 7) is 1.73. The molecule has 2 aromatic carbocycles. The summed E-state index contributed by atoms with van der Waals surface area (Å²) >= 11 is 0. The zero-order valence-corrected chi connectivity index (χ0v) is 19.1. The highest BCUT2D eigenvalue weighted by Crippen LogP contribution is 2.17. The first kappa shape index (κ1) is 23.9. The molecule has 0 radical (unpaired) electrons. The van der Waals surface area contributed by atoms with Crippen molar-refractivity contribution in [3.05, 3.63) is 59.7 Å². The van der Waals surface area contributed by atoms with Gasteiger partial charge in [0.2, 0.25) is 15.9 Å². The Morgan fingerprint density at radius 1 is 1.06 bits per heavy atom. The highest BCUT2D eigenvalue weighted by molar-refractivity contribution is 7.92. The van der Waals surface area contributed by atoms with E-state index in [2.05, 4.69) is 15.4 Å². The Morgan fingerprint density at radius 2 is 1.75 bits per heavy atom. The van der Waals surface area contributed by atoms with Gasteiger partial charge in [0.25, 0.3) is 5.91 Å². The number of nitrogens with one attached hydrogen (secondary N) is 3. The van der Waals surface area contributed by atoms with Gasteiger partial charge >= 0.3 is 0 Å². The average Bonchev–Trinajstić information content (AvgIpc) is 3.09. The molecule has 1 unspecified atom stereocenters. The smallest absolute Gasteiger partial charge is 0.251 e. The summed E-state index contributed by atoms with van der Waals surface area (Å²) in [6.07, 6.45) is 0.982. The zero-order chi connectivity index (χ0) is 23.4. The van der Waals surface area contributed by atoms with Gasteiger partial charge in [-0.05, 0) is 48.7 Å². The van der Waals surface area contributed by atoms with Crippen LogP contribution in [0.2, 0.25) is 0 Å². The molecule has 1 atom stereocenters. The molecule has 2 aromatic rings. The highest BCUT2D eigenvalue weighted by atomic mass is 32.2. The maximum atomic E-state index is 12.5. The molecule has 1 heterocycles. The molecule has 172 valence electrons. The Labute approximate surface area is 187 Å². The van der Waals surface area contributed by atoms with Crippen molar-refractivity contribution in [2.24, 2.45) is 0 Å². The third kappa shape index (κ3) is 6.15. The summed E-state index contributed by atoms with van der Waals surface area (Å²) in [6, 6.07) is 11.9. The Hall–Kier alpha value is -2.76. The maximum absolute atomic E-state index is 12.5. The molecular weight excluding hydrogens is 454 g/mol. The Balaban J connectivity index is 1.56. The molecule has 0 aliphatic carbocycles. The number of sulfonamides is 1. The predicted octanol–water partition coefficient (Wildman–Crippen LogP) is 1.08. The van der Waals surface area contributed by atoms with Crippen molar-refractivity contribution in [3.8, 4) is 0 Å². The standard InChI is InChI=1S/C21H25N3O6S2/c1-2-15-5-3-4-6-19(15)23-20(25)13-22-21(26)16-7-9-18(10-8-16)32(29,30)24-17-11-12-31(27,28)14-17/h3-10,17,24H,2,11-14H2,1H3,(H,22,26)(H,23,25). The second kappa shape index (κ2) is 9.80. The van der Waals surface area contributed by atoms with E-state index >= 15 is 0 Å². The molecule has 2 amide bonds. The Kier molecular flexibility index (Phi) is 7.32. The number of carbonyl (C=O) groups excluding carboxylic acids is 2. The topological polar surface area (TPSA) is 139 Å². The fourth-order valence-electron chi connectivity index (χ4n) is 3.37. The summed E-state index contributed by atoms with van der Waals surface area (Å²) in [5, 5.41) is 5.25. The van der Waals surface area contributed by atoms with Crippen molar-refractivity contribution in [2.75, 3.05) is 23.4 Å². The summed E-state index contributed by atoms with van der Waals surface area (Å²) in [4.78, 5) is 24.4. The van der Waals surface area contributed by atoms with Gasteiger partial charge in [-0.3, -0.25) is 9.59 Å². The third-order valence-corrected chi connectivity index (χ3v) is 8.37. The molecule has 0 aromatic heterocycles. The van der Waals surface area contributed by atoms with E-state index in [0.717, 1.165) is 12.0 Å². The molecule has 1 aliphatic heterocycles. The molecule has 0 saturated carbocycles. The summed E-state index contributed by atoms with van der Waals surface area (Å²) in [5.41, 5.74) is 1.85. The first-order valence-electron chi connectivity index (χ1n) is 10.1. The molecule has 0 spiro atoms. The minimum atomic E-state index is -3.91. The zero-order valence-electron chi connectivity index (χ0n) is 17.5. The second-order valence-electron chi connectivity index (χ2n) is 7.49. The van der Waals surface area contributed by atoms with Gasteiger partial charge in [-0.2, -0.15) is 0 Å².